The van der Waals surface area contributed by atoms with Gasteiger partial charge in [-0.05, 0) is 93.1 Å². The lowest BCUT2D eigenvalue weighted by Crippen LogP contribution is -2.59. The largest absolute Gasteiger partial charge is 0.483 e. The normalized spacial score (nSPS) is 23.6. The van der Waals surface area contributed by atoms with Gasteiger partial charge in [0, 0.05) is 24.6 Å². The highest BCUT2D eigenvalue weighted by molar-refractivity contribution is 7.89. The van der Waals surface area contributed by atoms with E-state index in [0.29, 0.717) is 12.2 Å². The van der Waals surface area contributed by atoms with Gasteiger partial charge in [-0.1, -0.05) is 74.4 Å². The van der Waals surface area contributed by atoms with E-state index in [1.54, 1.807) is 49.5 Å². The maximum Gasteiger partial charge on any atom is 0.339 e. The predicted octanol–water partition coefficient (Wildman–Crippen LogP) is 7.61. The van der Waals surface area contributed by atoms with Gasteiger partial charge >= 0.3 is 10.1 Å². The lowest BCUT2D eigenvalue weighted by Gasteiger charge is -2.51. The van der Waals surface area contributed by atoms with Crippen LogP contribution in [0, 0.1) is 19.8 Å². The Kier molecular flexibility index (Phi) is 8.81. The van der Waals surface area contributed by atoms with Crippen molar-refractivity contribution < 1.29 is 30.2 Å². The summed E-state index contributed by atoms with van der Waals surface area (Å²) < 4.78 is 75.8. The molecule has 4 atom stereocenters. The van der Waals surface area contributed by atoms with E-state index in [1.165, 1.54) is 16.4 Å². The first-order valence-corrected chi connectivity index (χ1v) is 22.4. The van der Waals surface area contributed by atoms with Crippen LogP contribution in [0.2, 0.25) is 18.1 Å². The SMILES string of the molecule is Cc1ccc(S(=O)(=O)Oc2ccc3c4c2O[C@@H]2[C@@H](O[Si](C)(C)C(C)(C)C)CCC(C=C3)[C@]42CCN(C)S(=O)(=O)c2ccc(C)cc2)cc1. The van der Waals surface area contributed by atoms with Crippen LogP contribution < -0.4 is 8.92 Å². The average Bonchev–Trinajstić information content (AvgIpc) is 3.38. The number of aryl methyl sites for hydroxylation is 2. The highest BCUT2D eigenvalue weighted by atomic mass is 32.2. The van der Waals surface area contributed by atoms with E-state index in [2.05, 4.69) is 46.0 Å². The van der Waals surface area contributed by atoms with Gasteiger partial charge in [-0.25, -0.2) is 12.7 Å². The number of hydrogen-bond acceptors (Lipinski definition) is 7. The zero-order chi connectivity index (χ0) is 34.9. The summed E-state index contributed by atoms with van der Waals surface area (Å²) in [5.41, 5.74) is 3.06. The summed E-state index contributed by atoms with van der Waals surface area (Å²) in [7, 11) is -8.56. The molecule has 0 N–H and O–H groups in total. The molecule has 3 aromatic rings. The lowest BCUT2D eigenvalue weighted by molar-refractivity contribution is -0.0395. The second-order valence-corrected chi connectivity index (χ2v) is 23.5. The molecule has 2 aliphatic carbocycles. The van der Waals surface area contributed by atoms with E-state index >= 15 is 0 Å². The van der Waals surface area contributed by atoms with E-state index in [1.807, 2.05) is 19.9 Å². The molecule has 3 aromatic carbocycles. The van der Waals surface area contributed by atoms with Crippen molar-refractivity contribution in [3.05, 3.63) is 89.0 Å². The van der Waals surface area contributed by atoms with Crippen LogP contribution in [0.1, 0.15) is 62.3 Å². The first-order chi connectivity index (χ1) is 22.4. The average molecular weight is 710 g/mol. The van der Waals surface area contributed by atoms with E-state index in [4.69, 9.17) is 13.3 Å². The van der Waals surface area contributed by atoms with Gasteiger partial charge in [-0.3, -0.25) is 0 Å². The molecule has 1 heterocycles. The Morgan fingerprint density at radius 1 is 0.896 bits per heavy atom. The third kappa shape index (κ3) is 5.95. The summed E-state index contributed by atoms with van der Waals surface area (Å²) in [6, 6.07) is 17.0. The highest BCUT2D eigenvalue weighted by Gasteiger charge is 2.62. The predicted molar refractivity (Wildman–Crippen MR) is 191 cm³/mol. The number of nitrogens with zero attached hydrogens (tertiary/aromatic N) is 1. The van der Waals surface area contributed by atoms with E-state index in [9.17, 15) is 16.8 Å². The van der Waals surface area contributed by atoms with Gasteiger partial charge < -0.3 is 13.3 Å². The van der Waals surface area contributed by atoms with Crippen molar-refractivity contribution in [1.29, 1.82) is 0 Å². The maximum absolute atomic E-state index is 13.7. The topological polar surface area (TPSA) is 99.2 Å². The van der Waals surface area contributed by atoms with E-state index in [-0.39, 0.29) is 39.1 Å². The van der Waals surface area contributed by atoms with Crippen LogP contribution in [0.25, 0.3) is 6.08 Å². The summed E-state index contributed by atoms with van der Waals surface area (Å²) in [5.74, 6) is 0.566. The quantitative estimate of drug-likeness (QED) is 0.158. The van der Waals surface area contributed by atoms with Crippen LogP contribution in [0.4, 0.5) is 0 Å². The highest BCUT2D eigenvalue weighted by Crippen LogP contribution is 2.62. The van der Waals surface area contributed by atoms with Crippen LogP contribution >= 0.6 is 0 Å². The summed E-state index contributed by atoms with van der Waals surface area (Å²) >= 11 is 0. The molecule has 1 unspecified atom stereocenters. The number of hydrogen-bond donors (Lipinski definition) is 0. The molecule has 0 spiro atoms. The molecule has 3 aliphatic rings. The maximum atomic E-state index is 13.7. The van der Waals surface area contributed by atoms with Crippen molar-refractivity contribution in [2.24, 2.45) is 5.92 Å². The Balaban J connectivity index is 1.43. The van der Waals surface area contributed by atoms with Gasteiger partial charge in [0.05, 0.1) is 11.0 Å². The van der Waals surface area contributed by atoms with Gasteiger partial charge in [-0.2, -0.15) is 8.42 Å². The molecular weight excluding hydrogens is 663 g/mol. The first-order valence-electron chi connectivity index (χ1n) is 16.6. The van der Waals surface area contributed by atoms with Crippen LogP contribution in [-0.2, 0) is 30.0 Å². The molecular formula is C37H47NO7S2Si. The molecule has 0 aromatic heterocycles. The fraction of sp³-hybridized carbons (Fsp3) is 0.459. The second kappa shape index (κ2) is 12.1. The minimum Gasteiger partial charge on any atom is -0.483 e. The Hall–Kier alpha value is -2.96. The Bertz CT molecular complexity index is 1950. The first kappa shape index (κ1) is 34.9. The fourth-order valence-corrected chi connectivity index (χ4v) is 10.6. The molecule has 0 saturated heterocycles. The zero-order valence-electron chi connectivity index (χ0n) is 29.1. The second-order valence-electron chi connectivity index (χ2n) is 15.1. The molecule has 1 fully saturated rings. The number of benzene rings is 3. The number of rotatable bonds is 10. The van der Waals surface area contributed by atoms with Crippen molar-refractivity contribution in [2.45, 2.75) is 99.4 Å². The molecule has 0 amide bonds. The van der Waals surface area contributed by atoms with Crippen LogP contribution in [0.3, 0.4) is 0 Å². The summed E-state index contributed by atoms with van der Waals surface area (Å²) in [4.78, 5) is 0.305. The molecule has 258 valence electrons. The van der Waals surface area contributed by atoms with Gasteiger partial charge in [-0.15, -0.1) is 0 Å². The van der Waals surface area contributed by atoms with Crippen molar-refractivity contribution >= 4 is 34.5 Å². The van der Waals surface area contributed by atoms with E-state index in [0.717, 1.165) is 35.1 Å². The van der Waals surface area contributed by atoms with E-state index < -0.39 is 40.0 Å². The van der Waals surface area contributed by atoms with Gasteiger partial charge in [0.1, 0.15) is 11.0 Å². The summed E-state index contributed by atoms with van der Waals surface area (Å²) in [6.07, 6.45) is 5.62. The zero-order valence-corrected chi connectivity index (χ0v) is 31.7. The smallest absolute Gasteiger partial charge is 0.339 e. The minimum atomic E-state index is -4.16. The molecule has 1 saturated carbocycles. The Morgan fingerprint density at radius 3 is 2.10 bits per heavy atom. The Labute approximate surface area is 287 Å². The van der Waals surface area contributed by atoms with Crippen molar-refractivity contribution in [2.75, 3.05) is 13.6 Å². The van der Waals surface area contributed by atoms with Gasteiger partial charge in [0.15, 0.2) is 19.8 Å². The monoisotopic (exact) mass is 709 g/mol. The summed E-state index contributed by atoms with van der Waals surface area (Å²) in [6.45, 7) is 15.1. The standard InChI is InChI=1S/C37H47NO7S2Si/c1-25-9-17-29(18-10-25)46(39,40)38(6)24-23-37-28-15-13-27-14-21-31(44-47(41,42)30-19-11-26(2)12-20-30)34(33(27)37)43-35(37)32(22-16-28)45-48(7,8)36(3,4)5/h9-15,17-21,28,32,35H,16,22-24H2,1-8H3/t28?,32-,35+,37+/m0/s1. The third-order valence-electron chi connectivity index (χ3n) is 11.0. The molecule has 0 bridgehead atoms. The molecule has 1 aliphatic heterocycles. The van der Waals surface area contributed by atoms with Crippen molar-refractivity contribution in [1.82, 2.24) is 4.31 Å². The fourth-order valence-electron chi connectivity index (χ4n) is 7.15. The van der Waals surface area contributed by atoms with Crippen molar-refractivity contribution in [3.8, 4) is 11.5 Å². The van der Waals surface area contributed by atoms with Gasteiger partial charge in [0.25, 0.3) is 0 Å². The molecule has 0 radical (unpaired) electrons. The third-order valence-corrected chi connectivity index (χ3v) is 18.6. The number of ether oxygens (including phenoxy) is 1. The van der Waals surface area contributed by atoms with Crippen LogP contribution in [0.5, 0.6) is 11.5 Å². The molecule has 11 heteroatoms. The Morgan fingerprint density at radius 2 is 1.50 bits per heavy atom. The van der Waals surface area contributed by atoms with Crippen molar-refractivity contribution in [3.63, 3.8) is 0 Å². The van der Waals surface area contributed by atoms with Crippen LogP contribution in [0.15, 0.2) is 76.5 Å². The van der Waals surface area contributed by atoms with Gasteiger partial charge in [0.2, 0.25) is 10.0 Å². The molecule has 8 nitrogen and oxygen atoms in total. The number of sulfonamides is 1. The van der Waals surface area contributed by atoms with Crippen LogP contribution in [-0.4, -0.2) is 55.3 Å². The lowest BCUT2D eigenvalue weighted by atomic mass is 9.56. The number of allylic oxidation sites excluding steroid dienone is 1. The minimum absolute atomic E-state index is 0.0370. The molecule has 6 rings (SSSR count). The summed E-state index contributed by atoms with van der Waals surface area (Å²) in [5, 5.41) is -0.0428. The molecule has 48 heavy (non-hydrogen) atoms.